The van der Waals surface area contributed by atoms with E-state index in [2.05, 4.69) is 44.9 Å². The lowest BCUT2D eigenvalue weighted by Crippen LogP contribution is -2.49. The molecule has 0 fully saturated rings. The van der Waals surface area contributed by atoms with E-state index in [4.69, 9.17) is 0 Å². The van der Waals surface area contributed by atoms with E-state index >= 15 is 0 Å². The van der Waals surface area contributed by atoms with Crippen LogP contribution in [0.25, 0.3) is 0 Å². The molecule has 0 radical (unpaired) electrons. The van der Waals surface area contributed by atoms with E-state index < -0.39 is 0 Å². The smallest absolute Gasteiger partial charge is 0.224 e. The highest BCUT2D eigenvalue weighted by molar-refractivity contribution is 9.10. The predicted molar refractivity (Wildman–Crippen MR) is 92.1 cm³/mol. The van der Waals surface area contributed by atoms with Crippen LogP contribution in [0.4, 0.5) is 11.5 Å². The molecule has 0 aliphatic carbocycles. The van der Waals surface area contributed by atoms with E-state index in [-0.39, 0.29) is 11.9 Å². The van der Waals surface area contributed by atoms with Crippen LogP contribution in [0.3, 0.4) is 0 Å². The van der Waals surface area contributed by atoms with Gasteiger partial charge in [-0.05, 0) is 40.5 Å². The number of fused-ring (bicyclic) bond motifs is 1. The Hall–Kier alpha value is -1.88. The van der Waals surface area contributed by atoms with Gasteiger partial charge in [-0.25, -0.2) is 4.98 Å². The van der Waals surface area contributed by atoms with Gasteiger partial charge in [-0.15, -0.1) is 0 Å². The van der Waals surface area contributed by atoms with Gasteiger partial charge in [0.15, 0.2) is 5.82 Å². The van der Waals surface area contributed by atoms with Crippen LogP contribution >= 0.6 is 15.9 Å². The zero-order chi connectivity index (χ0) is 15.7. The summed E-state index contributed by atoms with van der Waals surface area (Å²) in [5.41, 5.74) is 2.11. The summed E-state index contributed by atoms with van der Waals surface area (Å²) in [6.45, 7) is 5.23. The number of carbonyl (C=O) groups is 1. The number of hydrogen-bond acceptors (Lipinski definition) is 3. The van der Waals surface area contributed by atoms with Crippen molar-refractivity contribution < 1.29 is 4.79 Å². The molecule has 0 saturated heterocycles. The first kappa shape index (κ1) is 15.0. The molecule has 1 aromatic heterocycles. The number of carbonyl (C=O) groups excluding carboxylic acids is 1. The topological polar surface area (TPSA) is 36.4 Å². The summed E-state index contributed by atoms with van der Waals surface area (Å²) in [6.07, 6.45) is 0. The summed E-state index contributed by atoms with van der Waals surface area (Å²) in [5.74, 6) is 0.906. The molecule has 0 spiro atoms. The van der Waals surface area contributed by atoms with Crippen molar-refractivity contribution in [2.45, 2.75) is 26.4 Å². The third-order valence-corrected chi connectivity index (χ3v) is 4.30. The normalized spacial score (nSPS) is 17.3. The zero-order valence-electron chi connectivity index (χ0n) is 12.7. The van der Waals surface area contributed by atoms with Crippen LogP contribution in [0.5, 0.6) is 0 Å². The first-order valence-corrected chi connectivity index (χ1v) is 8.11. The Bertz CT molecular complexity index is 690. The van der Waals surface area contributed by atoms with Gasteiger partial charge in [0.2, 0.25) is 5.91 Å². The second kappa shape index (κ2) is 6.08. The second-order valence-corrected chi connectivity index (χ2v) is 6.39. The van der Waals surface area contributed by atoms with Crippen molar-refractivity contribution in [3.63, 3.8) is 0 Å². The Labute approximate surface area is 138 Å². The summed E-state index contributed by atoms with van der Waals surface area (Å²) < 4.78 is 0.780. The molecule has 1 amide bonds. The van der Waals surface area contributed by atoms with Gasteiger partial charge in [0.1, 0.15) is 4.60 Å². The molecule has 1 aromatic carbocycles. The highest BCUT2D eigenvalue weighted by Crippen LogP contribution is 2.35. The predicted octanol–water partition coefficient (Wildman–Crippen LogP) is 3.61. The molecule has 0 bridgehead atoms. The summed E-state index contributed by atoms with van der Waals surface area (Å²) in [4.78, 5) is 20.7. The van der Waals surface area contributed by atoms with Crippen molar-refractivity contribution in [3.05, 3.63) is 52.6 Å². The van der Waals surface area contributed by atoms with E-state index in [9.17, 15) is 4.79 Å². The van der Waals surface area contributed by atoms with Crippen LogP contribution in [0.2, 0.25) is 0 Å². The summed E-state index contributed by atoms with van der Waals surface area (Å²) in [5, 5.41) is 0. The first-order chi connectivity index (χ1) is 10.6. The average Bonchev–Trinajstić information content (AvgIpc) is 2.48. The Balaban J connectivity index is 2.00. The number of rotatable bonds is 2. The molecule has 1 aliphatic rings. The van der Waals surface area contributed by atoms with E-state index in [0.717, 1.165) is 29.2 Å². The lowest BCUT2D eigenvalue weighted by atomic mass is 10.1. The van der Waals surface area contributed by atoms with Crippen LogP contribution in [0.15, 0.2) is 47.1 Å². The molecule has 3 rings (SSSR count). The number of nitrogens with zero attached hydrogens (tertiary/aromatic N) is 3. The van der Waals surface area contributed by atoms with Crippen LogP contribution in [0.1, 0.15) is 19.4 Å². The minimum atomic E-state index is 0.0530. The number of anilines is 2. The lowest BCUT2D eigenvalue weighted by Gasteiger charge is -2.41. The van der Waals surface area contributed by atoms with E-state index in [0.29, 0.717) is 0 Å². The Morgan fingerprint density at radius 2 is 2.00 bits per heavy atom. The van der Waals surface area contributed by atoms with Crippen LogP contribution in [0, 0.1) is 0 Å². The molecule has 1 unspecified atom stereocenters. The number of pyridine rings is 1. The fourth-order valence-corrected chi connectivity index (χ4v) is 3.29. The Morgan fingerprint density at radius 3 is 2.68 bits per heavy atom. The van der Waals surface area contributed by atoms with Crippen molar-refractivity contribution in [1.29, 1.82) is 0 Å². The summed E-state index contributed by atoms with van der Waals surface area (Å²) in [6, 6.07) is 14.3. The standard InChI is InChI=1S/C17H18BrN3O/c1-12-10-20(11-14-6-4-3-5-7-14)17-15(21(12)13(2)22)8-9-16(18)19-17/h3-9,12H,10-11H2,1-2H3. The van der Waals surface area contributed by atoms with Crippen molar-refractivity contribution >= 4 is 33.3 Å². The molecular formula is C17H18BrN3O. The average molecular weight is 360 g/mol. The molecule has 22 heavy (non-hydrogen) atoms. The fourth-order valence-electron chi connectivity index (χ4n) is 2.99. The SMILES string of the molecule is CC(=O)N1c2ccc(Br)nc2N(Cc2ccccc2)CC1C. The minimum absolute atomic E-state index is 0.0530. The van der Waals surface area contributed by atoms with Gasteiger partial charge >= 0.3 is 0 Å². The van der Waals surface area contributed by atoms with E-state index in [1.54, 1.807) is 6.92 Å². The van der Waals surface area contributed by atoms with Gasteiger partial charge < -0.3 is 9.80 Å². The fraction of sp³-hybridized carbons (Fsp3) is 0.294. The highest BCUT2D eigenvalue weighted by atomic mass is 79.9. The van der Waals surface area contributed by atoms with Crippen molar-refractivity contribution in [1.82, 2.24) is 4.98 Å². The molecule has 0 saturated carbocycles. The third kappa shape index (κ3) is 2.86. The van der Waals surface area contributed by atoms with Crippen molar-refractivity contribution in [2.75, 3.05) is 16.3 Å². The molecule has 2 heterocycles. The van der Waals surface area contributed by atoms with Crippen molar-refractivity contribution in [2.24, 2.45) is 0 Å². The van der Waals surface area contributed by atoms with E-state index in [1.807, 2.05) is 35.2 Å². The quantitative estimate of drug-likeness (QED) is 0.768. The van der Waals surface area contributed by atoms with Gasteiger partial charge in [-0.2, -0.15) is 0 Å². The van der Waals surface area contributed by atoms with Gasteiger partial charge in [0, 0.05) is 20.0 Å². The Kier molecular flexibility index (Phi) is 4.16. The Morgan fingerprint density at radius 1 is 1.27 bits per heavy atom. The maximum atomic E-state index is 12.0. The number of aromatic nitrogens is 1. The summed E-state index contributed by atoms with van der Waals surface area (Å²) >= 11 is 3.43. The maximum Gasteiger partial charge on any atom is 0.224 e. The van der Waals surface area contributed by atoms with Crippen LogP contribution in [-0.2, 0) is 11.3 Å². The molecule has 114 valence electrons. The third-order valence-electron chi connectivity index (χ3n) is 3.86. The number of benzene rings is 1. The first-order valence-electron chi connectivity index (χ1n) is 7.31. The zero-order valence-corrected chi connectivity index (χ0v) is 14.2. The lowest BCUT2D eigenvalue weighted by molar-refractivity contribution is -0.117. The molecule has 1 atom stereocenters. The van der Waals surface area contributed by atoms with Gasteiger partial charge in [0.05, 0.1) is 11.7 Å². The number of amides is 1. The molecular weight excluding hydrogens is 342 g/mol. The summed E-state index contributed by atoms with van der Waals surface area (Å²) in [7, 11) is 0. The van der Waals surface area contributed by atoms with E-state index in [1.165, 1.54) is 5.56 Å². The van der Waals surface area contributed by atoms with Gasteiger partial charge in [-0.3, -0.25) is 4.79 Å². The van der Waals surface area contributed by atoms with Gasteiger partial charge in [0.25, 0.3) is 0 Å². The molecule has 0 N–H and O–H groups in total. The largest absolute Gasteiger partial charge is 0.348 e. The second-order valence-electron chi connectivity index (χ2n) is 5.58. The van der Waals surface area contributed by atoms with Gasteiger partial charge in [-0.1, -0.05) is 30.3 Å². The van der Waals surface area contributed by atoms with Crippen molar-refractivity contribution in [3.8, 4) is 0 Å². The van der Waals surface area contributed by atoms with Crippen LogP contribution < -0.4 is 9.80 Å². The minimum Gasteiger partial charge on any atom is -0.348 e. The molecule has 1 aliphatic heterocycles. The highest BCUT2D eigenvalue weighted by Gasteiger charge is 2.31. The molecule has 5 heteroatoms. The number of halogens is 1. The number of hydrogen-bond donors (Lipinski definition) is 0. The monoisotopic (exact) mass is 359 g/mol. The van der Waals surface area contributed by atoms with Crippen LogP contribution in [-0.4, -0.2) is 23.5 Å². The molecule has 2 aromatic rings. The molecule has 4 nitrogen and oxygen atoms in total. The maximum absolute atomic E-state index is 12.0.